The number of aliphatic hydroxyl groups excluding tert-OH is 1. The standard InChI is InChI=1S/C11H16N2O3/c1-8-6-10(12-16-8)11(15)13-5-3-2-4-9(13)7-14/h6,9,14H,2-5,7H2,1H3. The van der Waals surface area contributed by atoms with Crippen molar-refractivity contribution in [3.05, 3.63) is 17.5 Å². The number of piperidine rings is 1. The molecule has 1 aromatic heterocycles. The lowest BCUT2D eigenvalue weighted by Gasteiger charge is -2.33. The van der Waals surface area contributed by atoms with E-state index in [1.807, 2.05) is 0 Å². The molecule has 1 aliphatic rings. The van der Waals surface area contributed by atoms with Gasteiger partial charge in [0.2, 0.25) is 0 Å². The topological polar surface area (TPSA) is 66.6 Å². The Labute approximate surface area is 94.0 Å². The number of hydrogen-bond acceptors (Lipinski definition) is 4. The van der Waals surface area contributed by atoms with Gasteiger partial charge in [0.1, 0.15) is 5.76 Å². The largest absolute Gasteiger partial charge is 0.394 e. The first kappa shape index (κ1) is 11.1. The van der Waals surface area contributed by atoms with E-state index in [4.69, 9.17) is 4.52 Å². The number of hydrogen-bond donors (Lipinski definition) is 1. The molecule has 1 unspecified atom stereocenters. The summed E-state index contributed by atoms with van der Waals surface area (Å²) in [6.07, 6.45) is 2.91. The van der Waals surface area contributed by atoms with Gasteiger partial charge >= 0.3 is 0 Å². The van der Waals surface area contributed by atoms with Crippen LogP contribution in [-0.2, 0) is 0 Å². The van der Waals surface area contributed by atoms with Gasteiger partial charge in [-0.15, -0.1) is 0 Å². The number of aliphatic hydroxyl groups is 1. The minimum Gasteiger partial charge on any atom is -0.394 e. The minimum atomic E-state index is -0.143. The van der Waals surface area contributed by atoms with Gasteiger partial charge in [0.15, 0.2) is 5.69 Å². The molecular weight excluding hydrogens is 208 g/mol. The predicted octanol–water partition coefficient (Wildman–Crippen LogP) is 0.970. The van der Waals surface area contributed by atoms with Gasteiger partial charge in [-0.2, -0.15) is 0 Å². The van der Waals surface area contributed by atoms with E-state index in [0.29, 0.717) is 18.0 Å². The number of aromatic nitrogens is 1. The van der Waals surface area contributed by atoms with Crippen LogP contribution in [0.2, 0.25) is 0 Å². The first-order chi connectivity index (χ1) is 7.72. The fourth-order valence-electron chi connectivity index (χ4n) is 2.07. The van der Waals surface area contributed by atoms with Crippen molar-refractivity contribution in [2.24, 2.45) is 0 Å². The van der Waals surface area contributed by atoms with Gasteiger partial charge in [0.05, 0.1) is 12.6 Å². The SMILES string of the molecule is Cc1cc(C(=O)N2CCCCC2CO)no1. The van der Waals surface area contributed by atoms with Gasteiger partial charge in [-0.3, -0.25) is 4.79 Å². The van der Waals surface area contributed by atoms with Gasteiger partial charge in [0.25, 0.3) is 5.91 Å². The van der Waals surface area contributed by atoms with Crippen LogP contribution >= 0.6 is 0 Å². The summed E-state index contributed by atoms with van der Waals surface area (Å²) in [5, 5.41) is 12.9. The van der Waals surface area contributed by atoms with Crippen LogP contribution in [-0.4, -0.2) is 40.3 Å². The third kappa shape index (κ3) is 2.09. The Morgan fingerprint density at radius 3 is 3.12 bits per heavy atom. The highest BCUT2D eigenvalue weighted by Gasteiger charge is 2.28. The van der Waals surface area contributed by atoms with E-state index in [1.54, 1.807) is 17.9 Å². The maximum atomic E-state index is 12.1. The summed E-state index contributed by atoms with van der Waals surface area (Å²) in [5.41, 5.74) is 0.331. The zero-order chi connectivity index (χ0) is 11.5. The molecule has 0 saturated carbocycles. The highest BCUT2D eigenvalue weighted by Crippen LogP contribution is 2.19. The van der Waals surface area contributed by atoms with Gasteiger partial charge < -0.3 is 14.5 Å². The van der Waals surface area contributed by atoms with Crippen molar-refractivity contribution in [2.45, 2.75) is 32.2 Å². The predicted molar refractivity (Wildman–Crippen MR) is 57.0 cm³/mol. The van der Waals surface area contributed by atoms with Crippen molar-refractivity contribution < 1.29 is 14.4 Å². The third-order valence-corrected chi connectivity index (χ3v) is 2.95. The van der Waals surface area contributed by atoms with E-state index in [0.717, 1.165) is 19.3 Å². The summed E-state index contributed by atoms with van der Waals surface area (Å²) >= 11 is 0. The van der Waals surface area contributed by atoms with E-state index in [1.165, 1.54) is 0 Å². The molecule has 1 fully saturated rings. The molecule has 0 spiro atoms. The van der Waals surface area contributed by atoms with Crippen LogP contribution in [0.4, 0.5) is 0 Å². The molecule has 0 aliphatic carbocycles. The Bertz CT molecular complexity index is 375. The zero-order valence-corrected chi connectivity index (χ0v) is 9.35. The molecule has 0 aromatic carbocycles. The molecule has 5 nitrogen and oxygen atoms in total. The number of carbonyl (C=O) groups is 1. The Balaban J connectivity index is 2.13. The lowest BCUT2D eigenvalue weighted by atomic mass is 10.0. The van der Waals surface area contributed by atoms with Crippen molar-refractivity contribution in [1.29, 1.82) is 0 Å². The van der Waals surface area contributed by atoms with Crippen molar-refractivity contribution in [1.82, 2.24) is 10.1 Å². The molecule has 0 bridgehead atoms. The molecule has 1 saturated heterocycles. The Kier molecular flexibility index (Phi) is 3.24. The Morgan fingerprint density at radius 2 is 2.50 bits per heavy atom. The smallest absolute Gasteiger partial charge is 0.276 e. The van der Waals surface area contributed by atoms with Crippen molar-refractivity contribution in [3.63, 3.8) is 0 Å². The summed E-state index contributed by atoms with van der Waals surface area (Å²) in [7, 11) is 0. The van der Waals surface area contributed by atoms with Gasteiger partial charge in [0, 0.05) is 12.6 Å². The lowest BCUT2D eigenvalue weighted by Crippen LogP contribution is -2.45. The maximum absolute atomic E-state index is 12.1. The minimum absolute atomic E-state index is 0.0164. The maximum Gasteiger partial charge on any atom is 0.276 e. The molecule has 1 amide bonds. The van der Waals surface area contributed by atoms with Gasteiger partial charge in [-0.1, -0.05) is 5.16 Å². The number of carbonyl (C=O) groups excluding carboxylic acids is 1. The van der Waals surface area contributed by atoms with Gasteiger partial charge in [-0.05, 0) is 26.2 Å². The highest BCUT2D eigenvalue weighted by molar-refractivity contribution is 5.92. The van der Waals surface area contributed by atoms with E-state index >= 15 is 0 Å². The van der Waals surface area contributed by atoms with E-state index < -0.39 is 0 Å². The number of amides is 1. The van der Waals surface area contributed by atoms with Gasteiger partial charge in [-0.25, -0.2) is 0 Å². The lowest BCUT2D eigenvalue weighted by molar-refractivity contribution is 0.0493. The number of aryl methyl sites for hydroxylation is 1. The zero-order valence-electron chi connectivity index (χ0n) is 9.35. The molecule has 1 atom stereocenters. The molecule has 5 heteroatoms. The van der Waals surface area contributed by atoms with E-state index in [2.05, 4.69) is 5.16 Å². The second-order valence-electron chi connectivity index (χ2n) is 4.15. The van der Waals surface area contributed by atoms with E-state index in [-0.39, 0.29) is 18.6 Å². The summed E-state index contributed by atoms with van der Waals surface area (Å²) in [6, 6.07) is 1.56. The number of nitrogens with zero attached hydrogens (tertiary/aromatic N) is 2. The Morgan fingerprint density at radius 1 is 1.69 bits per heavy atom. The van der Waals surface area contributed by atoms with E-state index in [9.17, 15) is 9.90 Å². The van der Waals surface area contributed by atoms with Crippen LogP contribution in [0.5, 0.6) is 0 Å². The highest BCUT2D eigenvalue weighted by atomic mass is 16.5. The molecule has 2 rings (SSSR count). The molecule has 16 heavy (non-hydrogen) atoms. The average molecular weight is 224 g/mol. The molecule has 1 aliphatic heterocycles. The van der Waals surface area contributed by atoms with Crippen LogP contribution in [0.25, 0.3) is 0 Å². The molecule has 2 heterocycles. The summed E-state index contributed by atoms with van der Waals surface area (Å²) < 4.78 is 4.89. The molecule has 0 radical (unpaired) electrons. The second kappa shape index (κ2) is 4.65. The second-order valence-corrected chi connectivity index (χ2v) is 4.15. The quantitative estimate of drug-likeness (QED) is 0.812. The fraction of sp³-hybridized carbons (Fsp3) is 0.636. The summed E-state index contributed by atoms with van der Waals surface area (Å²) in [4.78, 5) is 13.8. The first-order valence-electron chi connectivity index (χ1n) is 5.57. The monoisotopic (exact) mass is 224 g/mol. The summed E-state index contributed by atoms with van der Waals surface area (Å²) in [6.45, 7) is 2.46. The molecule has 88 valence electrons. The van der Waals surface area contributed by atoms with Crippen LogP contribution in [0, 0.1) is 6.92 Å². The average Bonchev–Trinajstić information content (AvgIpc) is 2.75. The summed E-state index contributed by atoms with van der Waals surface area (Å²) in [5.74, 6) is 0.483. The van der Waals surface area contributed by atoms with Crippen LogP contribution < -0.4 is 0 Å². The molecular formula is C11H16N2O3. The molecule has 1 N–H and O–H groups in total. The van der Waals surface area contributed by atoms with Crippen molar-refractivity contribution >= 4 is 5.91 Å². The normalized spacial score (nSPS) is 21.1. The molecule has 1 aromatic rings. The fourth-order valence-corrected chi connectivity index (χ4v) is 2.07. The Hall–Kier alpha value is -1.36. The number of likely N-dealkylation sites (tertiary alicyclic amines) is 1. The van der Waals surface area contributed by atoms with Crippen LogP contribution in [0.1, 0.15) is 35.5 Å². The first-order valence-corrected chi connectivity index (χ1v) is 5.57. The third-order valence-electron chi connectivity index (χ3n) is 2.95. The van der Waals surface area contributed by atoms with Crippen LogP contribution in [0.15, 0.2) is 10.6 Å². The number of rotatable bonds is 2. The van der Waals surface area contributed by atoms with Crippen LogP contribution in [0.3, 0.4) is 0 Å². The van der Waals surface area contributed by atoms with Crippen molar-refractivity contribution in [3.8, 4) is 0 Å². The van der Waals surface area contributed by atoms with Crippen molar-refractivity contribution in [2.75, 3.05) is 13.2 Å².